The third-order valence-electron chi connectivity index (χ3n) is 3.51. The molecule has 0 bridgehead atoms. The van der Waals surface area contributed by atoms with Crippen LogP contribution >= 0.6 is 9.39 Å². The van der Waals surface area contributed by atoms with E-state index < -0.39 is 9.85 Å². The summed E-state index contributed by atoms with van der Waals surface area (Å²) in [5, 5.41) is 22.0. The fourth-order valence-corrected chi connectivity index (χ4v) is 2.43. The molecular formula is C18H17N3O4P+. The van der Waals surface area contributed by atoms with E-state index in [1.165, 1.54) is 12.1 Å². The summed E-state index contributed by atoms with van der Waals surface area (Å²) < 4.78 is 1.84. The van der Waals surface area contributed by atoms with Gasteiger partial charge in [0.15, 0.2) is 21.8 Å². The highest BCUT2D eigenvalue weighted by Crippen LogP contribution is 2.26. The topological polar surface area (TPSA) is 90.2 Å². The predicted octanol–water partition coefficient (Wildman–Crippen LogP) is 4.10. The van der Waals surface area contributed by atoms with E-state index in [2.05, 4.69) is 9.39 Å². The number of benzene rings is 1. The van der Waals surface area contributed by atoms with Crippen LogP contribution < -0.4 is 4.34 Å². The highest BCUT2D eigenvalue weighted by atomic mass is 31.0. The van der Waals surface area contributed by atoms with Crippen LogP contribution in [0.1, 0.15) is 18.1 Å². The molecule has 0 saturated heterocycles. The molecule has 7 nitrogen and oxygen atoms in total. The van der Waals surface area contributed by atoms with Gasteiger partial charge in [-0.25, -0.2) is 0 Å². The van der Waals surface area contributed by atoms with E-state index >= 15 is 0 Å². The second-order valence-electron chi connectivity index (χ2n) is 5.27. The Bertz CT molecular complexity index is 919. The highest BCUT2D eigenvalue weighted by Gasteiger charge is 2.17. The van der Waals surface area contributed by atoms with Crippen molar-refractivity contribution in [3.05, 3.63) is 98.4 Å². The van der Waals surface area contributed by atoms with Gasteiger partial charge in [-0.05, 0) is 30.2 Å². The Morgan fingerprint density at radius 3 is 2.38 bits per heavy atom. The fraction of sp³-hybridized carbons (Fsp3) is 0.0556. The van der Waals surface area contributed by atoms with Crippen molar-refractivity contribution < 1.29 is 14.2 Å². The molecular weight excluding hydrogens is 353 g/mol. The van der Waals surface area contributed by atoms with Gasteiger partial charge in [0.25, 0.3) is 11.4 Å². The van der Waals surface area contributed by atoms with Crippen LogP contribution in [0, 0.1) is 20.2 Å². The van der Waals surface area contributed by atoms with Crippen molar-refractivity contribution in [3.63, 3.8) is 0 Å². The first-order chi connectivity index (χ1) is 12.4. The summed E-state index contributed by atoms with van der Waals surface area (Å²) >= 11 is 0. The Labute approximate surface area is 152 Å². The number of nitro benzene ring substituents is 2. The van der Waals surface area contributed by atoms with Crippen molar-refractivity contribution in [2.45, 2.75) is 6.92 Å². The van der Waals surface area contributed by atoms with Gasteiger partial charge in [-0.2, -0.15) is 4.34 Å². The lowest BCUT2D eigenvalue weighted by Gasteiger charge is -2.00. The summed E-state index contributed by atoms with van der Waals surface area (Å²) in [6.45, 7) is 1.90. The molecule has 0 radical (unpaired) electrons. The number of allylic oxidation sites excluding steroid dienone is 5. The molecule has 0 aliphatic rings. The molecule has 132 valence electrons. The largest absolute Gasteiger partial charge is 0.283 e. The number of nitrogens with zero attached hydrogens (tertiary/aromatic N) is 3. The third kappa shape index (κ3) is 4.91. The SMILES string of the molecule is C\C=C/C(=C\C=C\c1ccc([N+](=O)[O-])cc1[N+](=O)[O-])c1cc[n+](P)cc1. The molecule has 0 saturated carbocycles. The maximum Gasteiger partial charge on any atom is 0.283 e. The summed E-state index contributed by atoms with van der Waals surface area (Å²) in [6, 6.07) is 7.47. The monoisotopic (exact) mass is 370 g/mol. The van der Waals surface area contributed by atoms with Crippen LogP contribution in [0.15, 0.2) is 67.0 Å². The average molecular weight is 370 g/mol. The third-order valence-corrected chi connectivity index (χ3v) is 3.85. The van der Waals surface area contributed by atoms with E-state index in [1.54, 1.807) is 12.2 Å². The highest BCUT2D eigenvalue weighted by molar-refractivity contribution is 7.07. The van der Waals surface area contributed by atoms with Crippen molar-refractivity contribution in [1.82, 2.24) is 0 Å². The standard InChI is InChI=1S/C18H17N3O4P/c1-2-4-14(15-9-11-19(26)12-10-15)5-3-6-16-7-8-17(20(22)23)13-18(16)21(24)25/h2-13H,26H2,1H3/q+1/b4-2-,6-3+,14-5+. The van der Waals surface area contributed by atoms with Gasteiger partial charge >= 0.3 is 0 Å². The van der Waals surface area contributed by atoms with Crippen molar-refractivity contribution in [1.29, 1.82) is 0 Å². The normalized spacial score (nSPS) is 12.0. The van der Waals surface area contributed by atoms with Crippen LogP contribution in [0.2, 0.25) is 0 Å². The molecule has 2 aromatic rings. The molecule has 0 aliphatic carbocycles. The van der Waals surface area contributed by atoms with E-state index in [1.807, 2.05) is 54.0 Å². The molecule has 1 aromatic carbocycles. The second kappa shape index (κ2) is 8.78. The first kappa shape index (κ1) is 19.1. The molecule has 2 rings (SSSR count). The lowest BCUT2D eigenvalue weighted by molar-refractivity contribution is -0.499. The molecule has 1 unspecified atom stereocenters. The zero-order valence-corrected chi connectivity index (χ0v) is 15.1. The van der Waals surface area contributed by atoms with Gasteiger partial charge in [-0.1, -0.05) is 24.3 Å². The van der Waals surface area contributed by atoms with Crippen LogP contribution in [0.25, 0.3) is 11.6 Å². The quantitative estimate of drug-likeness (QED) is 0.331. The maximum atomic E-state index is 11.2. The average Bonchev–Trinajstić information content (AvgIpc) is 2.61. The van der Waals surface area contributed by atoms with Crippen LogP contribution in [0.5, 0.6) is 0 Å². The number of hydrogen-bond acceptors (Lipinski definition) is 4. The number of pyridine rings is 1. The summed E-state index contributed by atoms with van der Waals surface area (Å²) in [6.07, 6.45) is 12.7. The van der Waals surface area contributed by atoms with Crippen molar-refractivity contribution in [2.24, 2.45) is 0 Å². The molecule has 1 aromatic heterocycles. The van der Waals surface area contributed by atoms with E-state index in [9.17, 15) is 20.2 Å². The summed E-state index contributed by atoms with van der Waals surface area (Å²) in [7, 11) is 2.54. The van der Waals surface area contributed by atoms with Gasteiger partial charge in [-0.3, -0.25) is 20.2 Å². The van der Waals surface area contributed by atoms with Gasteiger partial charge in [0, 0.05) is 18.2 Å². The van der Waals surface area contributed by atoms with E-state index in [-0.39, 0.29) is 11.4 Å². The molecule has 1 heterocycles. The minimum absolute atomic E-state index is 0.299. The van der Waals surface area contributed by atoms with Crippen LogP contribution in [0.3, 0.4) is 0 Å². The first-order valence-corrected chi connectivity index (χ1v) is 8.14. The predicted molar refractivity (Wildman–Crippen MR) is 103 cm³/mol. The Hall–Kier alpha value is -3.18. The molecule has 0 amide bonds. The number of rotatable bonds is 6. The molecule has 0 fully saturated rings. The molecule has 0 spiro atoms. The van der Waals surface area contributed by atoms with Gasteiger partial charge in [0.1, 0.15) is 0 Å². The van der Waals surface area contributed by atoms with E-state index in [0.29, 0.717) is 5.56 Å². The second-order valence-corrected chi connectivity index (χ2v) is 5.87. The van der Waals surface area contributed by atoms with Crippen molar-refractivity contribution in [3.8, 4) is 0 Å². The van der Waals surface area contributed by atoms with Gasteiger partial charge < -0.3 is 0 Å². The smallest absolute Gasteiger partial charge is 0.258 e. The summed E-state index contributed by atoms with van der Waals surface area (Å²) in [5.74, 6) is 0. The number of non-ortho nitro benzene ring substituents is 1. The molecule has 8 heteroatoms. The first-order valence-electron chi connectivity index (χ1n) is 7.63. The van der Waals surface area contributed by atoms with Crippen LogP contribution in [0.4, 0.5) is 11.4 Å². The number of hydrogen-bond donors (Lipinski definition) is 0. The maximum absolute atomic E-state index is 11.2. The zero-order chi connectivity index (χ0) is 19.1. The van der Waals surface area contributed by atoms with Crippen molar-refractivity contribution >= 4 is 32.4 Å². The molecule has 26 heavy (non-hydrogen) atoms. The Morgan fingerprint density at radius 2 is 1.81 bits per heavy atom. The van der Waals surface area contributed by atoms with Gasteiger partial charge in [-0.15, -0.1) is 0 Å². The van der Waals surface area contributed by atoms with Gasteiger partial charge in [0.05, 0.1) is 21.5 Å². The Balaban J connectivity index is 2.37. The molecule has 0 N–H and O–H groups in total. The molecule has 1 atom stereocenters. The minimum Gasteiger partial charge on any atom is -0.258 e. The Kier molecular flexibility index (Phi) is 6.47. The van der Waals surface area contributed by atoms with E-state index in [0.717, 1.165) is 17.2 Å². The molecule has 0 aliphatic heterocycles. The number of nitro groups is 2. The fourth-order valence-electron chi connectivity index (χ4n) is 2.26. The van der Waals surface area contributed by atoms with Crippen molar-refractivity contribution in [2.75, 3.05) is 0 Å². The summed E-state index contributed by atoms with van der Waals surface area (Å²) in [5.41, 5.74) is 1.60. The number of aromatic nitrogens is 1. The van der Waals surface area contributed by atoms with Crippen LogP contribution in [-0.4, -0.2) is 9.85 Å². The zero-order valence-electron chi connectivity index (χ0n) is 14.0. The lowest BCUT2D eigenvalue weighted by Crippen LogP contribution is -2.16. The Morgan fingerprint density at radius 1 is 1.12 bits per heavy atom. The van der Waals surface area contributed by atoms with Crippen LogP contribution in [-0.2, 0) is 0 Å². The van der Waals surface area contributed by atoms with Gasteiger partial charge in [0.2, 0.25) is 0 Å². The summed E-state index contributed by atoms with van der Waals surface area (Å²) in [4.78, 5) is 20.7. The van der Waals surface area contributed by atoms with E-state index in [4.69, 9.17) is 0 Å². The minimum atomic E-state index is -0.655. The lowest BCUT2D eigenvalue weighted by atomic mass is 10.1.